The summed E-state index contributed by atoms with van der Waals surface area (Å²) in [5.41, 5.74) is 0.967. The quantitative estimate of drug-likeness (QED) is 0.286. The number of ketones is 1. The average Bonchev–Trinajstić information content (AvgIpc) is 3.15. The van der Waals surface area contributed by atoms with Crippen LogP contribution in [0.15, 0.2) is 52.1 Å². The van der Waals surface area contributed by atoms with Gasteiger partial charge in [0.2, 0.25) is 0 Å². The molecule has 10 heteroatoms. The average molecular weight is 542 g/mol. The lowest BCUT2D eigenvalue weighted by Gasteiger charge is -2.15. The van der Waals surface area contributed by atoms with Crippen molar-refractivity contribution in [1.82, 2.24) is 20.1 Å². The summed E-state index contributed by atoms with van der Waals surface area (Å²) in [5, 5.41) is 12.7. The van der Waals surface area contributed by atoms with Gasteiger partial charge in [-0.25, -0.2) is 0 Å². The Morgan fingerprint density at radius 2 is 1.87 bits per heavy atom. The second-order valence-electron chi connectivity index (χ2n) is 6.62. The Bertz CT molecular complexity index is 1110. The fourth-order valence-electron chi connectivity index (χ4n) is 2.89. The van der Waals surface area contributed by atoms with Crippen LogP contribution in [-0.2, 0) is 6.54 Å². The van der Waals surface area contributed by atoms with Crippen molar-refractivity contribution in [3.05, 3.63) is 73.9 Å². The van der Waals surface area contributed by atoms with Crippen LogP contribution in [0.5, 0.6) is 0 Å². The standard InChI is InChI=1S/C21H19BrCl2N4O2S/c1-3-28-19(12(2)25-20(30)16-9-8-15(23)10-17(16)24)26-27-21(28)31-11-18(29)13-4-6-14(22)7-5-13/h4-10,12H,3,11H2,1-2H3,(H,25,30)/t12-/m1/s1. The number of aromatic nitrogens is 3. The predicted octanol–water partition coefficient (Wildman–Crippen LogP) is 5.83. The largest absolute Gasteiger partial charge is 0.342 e. The van der Waals surface area contributed by atoms with Crippen LogP contribution in [0.2, 0.25) is 10.0 Å². The number of Topliss-reactive ketones (excluding diaryl/α,β-unsaturated/α-hetero) is 1. The Balaban J connectivity index is 1.69. The highest BCUT2D eigenvalue weighted by atomic mass is 79.9. The van der Waals surface area contributed by atoms with Crippen LogP contribution in [0.4, 0.5) is 0 Å². The molecule has 162 valence electrons. The first-order chi connectivity index (χ1) is 14.8. The molecule has 1 amide bonds. The second kappa shape index (κ2) is 10.6. The van der Waals surface area contributed by atoms with E-state index in [1.807, 2.05) is 30.5 Å². The highest BCUT2D eigenvalue weighted by molar-refractivity contribution is 9.10. The Morgan fingerprint density at radius 1 is 1.16 bits per heavy atom. The number of halogens is 3. The molecule has 0 aliphatic carbocycles. The van der Waals surface area contributed by atoms with Crippen LogP contribution in [0, 0.1) is 0 Å². The number of rotatable bonds is 8. The third-order valence-electron chi connectivity index (χ3n) is 4.47. The molecule has 0 aliphatic rings. The Hall–Kier alpha value is -1.87. The first kappa shape index (κ1) is 23.8. The van der Waals surface area contributed by atoms with E-state index in [0.717, 1.165) is 4.47 Å². The van der Waals surface area contributed by atoms with Crippen molar-refractivity contribution < 1.29 is 9.59 Å². The summed E-state index contributed by atoms with van der Waals surface area (Å²) in [6.07, 6.45) is 0. The molecule has 0 radical (unpaired) electrons. The fraction of sp³-hybridized carbons (Fsp3) is 0.238. The van der Waals surface area contributed by atoms with Crippen molar-refractivity contribution >= 4 is 62.6 Å². The molecule has 3 rings (SSSR count). The number of thioether (sulfide) groups is 1. The number of carbonyl (C=O) groups is 2. The predicted molar refractivity (Wildman–Crippen MR) is 127 cm³/mol. The number of carbonyl (C=O) groups excluding carboxylic acids is 2. The van der Waals surface area contributed by atoms with Crippen LogP contribution < -0.4 is 5.32 Å². The molecule has 3 aromatic rings. The molecule has 1 aromatic heterocycles. The number of nitrogens with zero attached hydrogens (tertiary/aromatic N) is 3. The third kappa shape index (κ3) is 5.88. The van der Waals surface area contributed by atoms with Crippen molar-refractivity contribution in [3.63, 3.8) is 0 Å². The first-order valence-electron chi connectivity index (χ1n) is 9.40. The van der Waals surface area contributed by atoms with Gasteiger partial charge in [-0.15, -0.1) is 10.2 Å². The van der Waals surface area contributed by atoms with Crippen molar-refractivity contribution in [1.29, 1.82) is 0 Å². The van der Waals surface area contributed by atoms with Gasteiger partial charge in [-0.2, -0.15) is 0 Å². The summed E-state index contributed by atoms with van der Waals surface area (Å²) in [5.74, 6) is 0.503. The minimum absolute atomic E-state index is 0.00318. The zero-order chi connectivity index (χ0) is 22.5. The van der Waals surface area contributed by atoms with Gasteiger partial charge in [-0.1, -0.05) is 63.0 Å². The monoisotopic (exact) mass is 540 g/mol. The molecule has 0 saturated heterocycles. The zero-order valence-electron chi connectivity index (χ0n) is 16.7. The van der Waals surface area contributed by atoms with Crippen molar-refractivity contribution in [3.8, 4) is 0 Å². The summed E-state index contributed by atoms with van der Waals surface area (Å²) in [6.45, 7) is 4.37. The first-order valence-corrected chi connectivity index (χ1v) is 11.9. The molecular weight excluding hydrogens is 523 g/mol. The van der Waals surface area contributed by atoms with E-state index in [0.29, 0.717) is 33.7 Å². The number of hydrogen-bond donors (Lipinski definition) is 1. The molecular formula is C21H19BrCl2N4O2S. The summed E-state index contributed by atoms with van der Waals surface area (Å²) in [6, 6.07) is 11.5. The van der Waals surface area contributed by atoms with E-state index in [9.17, 15) is 9.59 Å². The van der Waals surface area contributed by atoms with Gasteiger partial charge < -0.3 is 9.88 Å². The smallest absolute Gasteiger partial charge is 0.253 e. The Labute approximate surface area is 202 Å². The molecule has 31 heavy (non-hydrogen) atoms. The molecule has 0 spiro atoms. The van der Waals surface area contributed by atoms with Crippen molar-refractivity contribution in [2.45, 2.75) is 31.6 Å². The van der Waals surface area contributed by atoms with Crippen molar-refractivity contribution in [2.24, 2.45) is 0 Å². The van der Waals surface area contributed by atoms with Crippen LogP contribution in [0.1, 0.15) is 46.4 Å². The molecule has 1 heterocycles. The molecule has 1 N–H and O–H groups in total. The maximum absolute atomic E-state index is 12.6. The lowest BCUT2D eigenvalue weighted by Crippen LogP contribution is -2.29. The van der Waals surface area contributed by atoms with Gasteiger partial charge in [-0.05, 0) is 44.2 Å². The molecule has 1 atom stereocenters. The molecule has 0 bridgehead atoms. The number of amides is 1. The minimum Gasteiger partial charge on any atom is -0.342 e. The highest BCUT2D eigenvalue weighted by Gasteiger charge is 2.21. The molecule has 0 aliphatic heterocycles. The van der Waals surface area contributed by atoms with Gasteiger partial charge >= 0.3 is 0 Å². The SMILES string of the molecule is CCn1c(SCC(=O)c2ccc(Br)cc2)nnc1[C@@H](C)NC(=O)c1ccc(Cl)cc1Cl. The van der Waals surface area contributed by atoms with E-state index in [1.165, 1.54) is 17.8 Å². The Kier molecular flexibility index (Phi) is 8.16. The molecule has 2 aromatic carbocycles. The topological polar surface area (TPSA) is 76.9 Å². The third-order valence-corrected chi connectivity index (χ3v) is 6.51. The van der Waals surface area contributed by atoms with Gasteiger partial charge in [0.15, 0.2) is 16.8 Å². The van der Waals surface area contributed by atoms with Gasteiger partial charge in [0.25, 0.3) is 5.91 Å². The van der Waals surface area contributed by atoms with Crippen LogP contribution in [0.25, 0.3) is 0 Å². The molecule has 6 nitrogen and oxygen atoms in total. The normalized spacial score (nSPS) is 11.9. The van der Waals surface area contributed by atoms with Crippen LogP contribution in [0.3, 0.4) is 0 Å². The summed E-state index contributed by atoms with van der Waals surface area (Å²) >= 11 is 16.7. The van der Waals surface area contributed by atoms with Gasteiger partial charge in [0, 0.05) is 21.6 Å². The molecule has 0 saturated carbocycles. The van der Waals surface area contributed by atoms with E-state index in [2.05, 4.69) is 31.4 Å². The van der Waals surface area contributed by atoms with E-state index < -0.39 is 6.04 Å². The fourth-order valence-corrected chi connectivity index (χ4v) is 4.55. The number of hydrogen-bond acceptors (Lipinski definition) is 5. The Morgan fingerprint density at radius 3 is 2.52 bits per heavy atom. The van der Waals surface area contributed by atoms with E-state index in [-0.39, 0.29) is 22.5 Å². The molecule has 0 unspecified atom stereocenters. The summed E-state index contributed by atoms with van der Waals surface area (Å²) < 4.78 is 2.80. The maximum Gasteiger partial charge on any atom is 0.253 e. The second-order valence-corrected chi connectivity index (χ2v) is 9.32. The van der Waals surface area contributed by atoms with Crippen LogP contribution >= 0.6 is 50.9 Å². The maximum atomic E-state index is 12.6. The van der Waals surface area contributed by atoms with E-state index in [4.69, 9.17) is 23.2 Å². The van der Waals surface area contributed by atoms with Gasteiger partial charge in [-0.3, -0.25) is 9.59 Å². The van der Waals surface area contributed by atoms with Gasteiger partial charge in [0.1, 0.15) is 0 Å². The van der Waals surface area contributed by atoms with Crippen LogP contribution in [-0.4, -0.2) is 32.2 Å². The molecule has 0 fully saturated rings. The van der Waals surface area contributed by atoms with Crippen molar-refractivity contribution in [2.75, 3.05) is 5.75 Å². The number of benzene rings is 2. The summed E-state index contributed by atoms with van der Waals surface area (Å²) in [4.78, 5) is 25.1. The lowest BCUT2D eigenvalue weighted by atomic mass is 10.2. The van der Waals surface area contributed by atoms with Gasteiger partial charge in [0.05, 0.1) is 22.4 Å². The van der Waals surface area contributed by atoms with E-state index >= 15 is 0 Å². The highest BCUT2D eigenvalue weighted by Crippen LogP contribution is 2.24. The summed E-state index contributed by atoms with van der Waals surface area (Å²) in [7, 11) is 0. The lowest BCUT2D eigenvalue weighted by molar-refractivity contribution is 0.0937. The van der Waals surface area contributed by atoms with E-state index in [1.54, 1.807) is 24.3 Å². The zero-order valence-corrected chi connectivity index (χ0v) is 20.6. The minimum atomic E-state index is -0.414. The number of nitrogens with one attached hydrogen (secondary N) is 1.